The number of carbonyl (C=O) groups is 3. The summed E-state index contributed by atoms with van der Waals surface area (Å²) >= 11 is 0. The zero-order valence-electron chi connectivity index (χ0n) is 31.2. The average Bonchev–Trinajstić information content (AvgIpc) is 3.07. The molecule has 2 saturated heterocycles. The highest BCUT2D eigenvalue weighted by Gasteiger charge is 2.49. The van der Waals surface area contributed by atoms with E-state index in [1.54, 1.807) is 0 Å². The molecule has 0 aromatic heterocycles. The van der Waals surface area contributed by atoms with E-state index in [1.165, 1.54) is 13.8 Å². The number of ether oxygens (including phenoxy) is 5. The summed E-state index contributed by atoms with van der Waals surface area (Å²) in [6.45, 7) is 3.72. The van der Waals surface area contributed by atoms with Crippen LogP contribution in [0.4, 0.5) is 0 Å². The number of nitrogens with one attached hydrogen (secondary N) is 3. The topological polar surface area (TPSA) is 405 Å². The number of aliphatic hydroxyl groups excluding tert-OH is 9. The Labute approximate surface area is 321 Å². The van der Waals surface area contributed by atoms with Crippen molar-refractivity contribution < 1.29 is 101 Å². The molecule has 25 nitrogen and oxygen atoms in total. The van der Waals surface area contributed by atoms with E-state index >= 15 is 0 Å². The predicted molar refractivity (Wildman–Crippen MR) is 182 cm³/mol. The number of carbonyl (C=O) groups excluding carboxylic acids is 3. The van der Waals surface area contributed by atoms with Gasteiger partial charge in [0.25, 0.3) is 0 Å². The molecular weight excluding hydrogens is 784 g/mol. The Bertz CT molecular complexity index is 1370. The maximum Gasteiger partial charge on any atom is 0.397 e. The Morgan fingerprint density at radius 2 is 1.27 bits per heavy atom. The summed E-state index contributed by atoms with van der Waals surface area (Å²) < 4.78 is 64.2. The molecule has 2 fully saturated rings. The van der Waals surface area contributed by atoms with Crippen LogP contribution in [0.1, 0.15) is 47.5 Å². The molecule has 0 radical (unpaired) electrons. The van der Waals surface area contributed by atoms with Gasteiger partial charge in [0.15, 0.2) is 12.6 Å². The van der Waals surface area contributed by atoms with E-state index in [4.69, 9.17) is 34.0 Å². The van der Waals surface area contributed by atoms with Crippen LogP contribution < -0.4 is 21.7 Å². The highest BCUT2D eigenvalue weighted by molar-refractivity contribution is 7.80. The summed E-state index contributed by atoms with van der Waals surface area (Å²) in [7, 11) is -5.12. The predicted octanol–water partition coefficient (Wildman–Crippen LogP) is -7.50. The second kappa shape index (κ2) is 22.2. The summed E-state index contributed by atoms with van der Waals surface area (Å²) in [4.78, 5) is 35.9. The van der Waals surface area contributed by atoms with Crippen molar-refractivity contribution in [1.82, 2.24) is 16.0 Å². The molecule has 0 bridgehead atoms. The third-order valence-electron chi connectivity index (χ3n) is 8.72. The lowest BCUT2D eigenvalue weighted by Crippen LogP contribution is -2.66. The lowest BCUT2D eigenvalue weighted by Gasteiger charge is -2.46. The van der Waals surface area contributed by atoms with E-state index in [0.29, 0.717) is 0 Å². The first-order valence-electron chi connectivity index (χ1n) is 17.4. The maximum atomic E-state index is 12.3. The Kier molecular flexibility index (Phi) is 19.7. The van der Waals surface area contributed by atoms with Crippen molar-refractivity contribution in [3.63, 3.8) is 0 Å². The van der Waals surface area contributed by atoms with Gasteiger partial charge in [-0.2, -0.15) is 8.42 Å². The van der Waals surface area contributed by atoms with Gasteiger partial charge < -0.3 is 91.3 Å². The van der Waals surface area contributed by atoms with Crippen LogP contribution in [-0.2, 0) is 52.7 Å². The van der Waals surface area contributed by atoms with Crippen molar-refractivity contribution in [2.45, 2.75) is 158 Å². The van der Waals surface area contributed by atoms with E-state index in [0.717, 1.165) is 20.8 Å². The molecule has 26 heteroatoms. The van der Waals surface area contributed by atoms with E-state index in [-0.39, 0.29) is 0 Å². The van der Waals surface area contributed by atoms with Crippen LogP contribution in [-0.4, -0.2) is 200 Å². The van der Waals surface area contributed by atoms with Gasteiger partial charge >= 0.3 is 10.4 Å². The summed E-state index contributed by atoms with van der Waals surface area (Å²) in [5, 5.41) is 102. The summed E-state index contributed by atoms with van der Waals surface area (Å²) in [5.41, 5.74) is 5.94. The fraction of sp³-hybridized carbons (Fsp3) is 0.900. The number of rotatable bonds is 21. The lowest BCUT2D eigenvalue weighted by atomic mass is 9.96. The second-order valence-corrected chi connectivity index (χ2v) is 14.6. The smallest absolute Gasteiger partial charge is 0.394 e. The summed E-state index contributed by atoms with van der Waals surface area (Å²) in [5.74, 6) is -2.21. The van der Waals surface area contributed by atoms with Gasteiger partial charge in [-0.15, -0.1) is 0 Å². The molecule has 0 aromatic carbocycles. The van der Waals surface area contributed by atoms with Gasteiger partial charge in [-0.25, -0.2) is 4.18 Å². The molecule has 3 amide bonds. The molecular formula is C30H56N4O21S. The van der Waals surface area contributed by atoms with Crippen molar-refractivity contribution in [2.24, 2.45) is 5.73 Å². The van der Waals surface area contributed by atoms with Crippen LogP contribution in [0.2, 0.25) is 0 Å². The second-order valence-electron chi connectivity index (χ2n) is 13.5. The summed E-state index contributed by atoms with van der Waals surface area (Å²) in [6, 6.07) is -3.01. The first kappa shape index (κ1) is 49.8. The molecule has 2 aliphatic heterocycles. The zero-order chi connectivity index (χ0) is 42.8. The minimum Gasteiger partial charge on any atom is -0.394 e. The summed E-state index contributed by atoms with van der Waals surface area (Å²) in [6.07, 6.45) is -27.9. The molecule has 2 heterocycles. The minimum atomic E-state index is -5.12. The molecule has 15 N–H and O–H groups in total. The fourth-order valence-electron chi connectivity index (χ4n) is 6.00. The standard InChI is InChI=1S/C30H56N4O21S/c1-10-23(44)24(45)21(31)29(51-10)54-27(17(41)8-35)16(40)7-20(33-13(4)37)53-26-11(2)52-30(22(25(26)46)34-14(5)38)55-28(18(42)9-50-56(47,48)49)15(39)6-19(43)32-12(3)36/h10-11,15-30,35,39-46H,6-9,31H2,1-5H3,(H,32,36)(H,33,37)(H,34,38)(H,47,48,49)/t10-,11-,15?,16?,17+,18+,19+,20+,21?,22-,23?,24?,25?,26?,27?,28?,29?,30?/m1/s1. The van der Waals surface area contributed by atoms with E-state index in [9.17, 15) is 68.8 Å². The van der Waals surface area contributed by atoms with Crippen molar-refractivity contribution >= 4 is 28.1 Å². The van der Waals surface area contributed by atoms with Crippen LogP contribution in [0.5, 0.6) is 0 Å². The minimum absolute atomic E-state index is 0.629. The molecule has 11 unspecified atom stereocenters. The van der Waals surface area contributed by atoms with E-state index in [2.05, 4.69) is 20.1 Å². The van der Waals surface area contributed by atoms with Gasteiger partial charge in [0, 0.05) is 33.6 Å². The Hall–Kier alpha value is -2.32. The monoisotopic (exact) mass is 840 g/mol. The van der Waals surface area contributed by atoms with E-state index in [1.807, 2.05) is 0 Å². The first-order chi connectivity index (χ1) is 25.9. The van der Waals surface area contributed by atoms with Crippen molar-refractivity contribution in [2.75, 3.05) is 13.2 Å². The SMILES string of the molecule is CC(=O)N[C@H]1C(OC(C(O)C[C@H](O)NC(C)=O)[C@@H](O)COS(=O)(=O)O)O[C@H](C)C(O[C@@H](CC(O)C(OC2O[C@H](C)C(O)C(O)C2N)[C@@H](O)CO)NC(C)=O)C1O. The third kappa shape index (κ3) is 15.1. The molecule has 0 saturated carbocycles. The Morgan fingerprint density at radius 3 is 1.80 bits per heavy atom. The lowest BCUT2D eigenvalue weighted by molar-refractivity contribution is -0.305. The number of nitrogens with two attached hydrogens (primary N) is 1. The van der Waals surface area contributed by atoms with Crippen LogP contribution in [0.25, 0.3) is 0 Å². The largest absolute Gasteiger partial charge is 0.397 e. The zero-order valence-corrected chi connectivity index (χ0v) is 32.0. The fourth-order valence-corrected chi connectivity index (χ4v) is 6.31. The van der Waals surface area contributed by atoms with Crippen molar-refractivity contribution in [3.05, 3.63) is 0 Å². The molecule has 2 aliphatic rings. The number of amides is 3. The molecule has 2 rings (SSSR count). The molecule has 56 heavy (non-hydrogen) atoms. The van der Waals surface area contributed by atoms with Crippen LogP contribution in [0.3, 0.4) is 0 Å². The third-order valence-corrected chi connectivity index (χ3v) is 9.15. The normalized spacial score (nSPS) is 32.9. The van der Waals surface area contributed by atoms with Gasteiger partial charge in [0.05, 0.1) is 43.7 Å². The van der Waals surface area contributed by atoms with Gasteiger partial charge in [-0.3, -0.25) is 18.9 Å². The van der Waals surface area contributed by atoms with E-state index < -0.39 is 165 Å². The number of hydrogen-bond acceptors (Lipinski definition) is 21. The van der Waals surface area contributed by atoms with Crippen LogP contribution in [0.15, 0.2) is 0 Å². The number of aliphatic hydroxyl groups is 9. The van der Waals surface area contributed by atoms with Gasteiger partial charge in [-0.1, -0.05) is 0 Å². The maximum absolute atomic E-state index is 12.3. The van der Waals surface area contributed by atoms with Gasteiger partial charge in [0.2, 0.25) is 17.7 Å². The molecule has 328 valence electrons. The molecule has 0 aliphatic carbocycles. The van der Waals surface area contributed by atoms with Crippen molar-refractivity contribution in [3.8, 4) is 0 Å². The quantitative estimate of drug-likeness (QED) is 0.0377. The van der Waals surface area contributed by atoms with Gasteiger partial charge in [-0.05, 0) is 13.8 Å². The number of hydrogen-bond donors (Lipinski definition) is 14. The van der Waals surface area contributed by atoms with Gasteiger partial charge in [0.1, 0.15) is 67.3 Å². The van der Waals surface area contributed by atoms with Crippen molar-refractivity contribution in [1.29, 1.82) is 0 Å². The van der Waals surface area contributed by atoms with Crippen LogP contribution >= 0.6 is 0 Å². The first-order valence-corrected chi connectivity index (χ1v) is 18.7. The molecule has 0 aromatic rings. The molecule has 0 spiro atoms. The average molecular weight is 841 g/mol. The highest BCUT2D eigenvalue weighted by Crippen LogP contribution is 2.29. The Balaban J connectivity index is 2.37. The molecule has 18 atom stereocenters. The Morgan fingerprint density at radius 1 is 0.732 bits per heavy atom. The highest BCUT2D eigenvalue weighted by atomic mass is 32.3. The van der Waals surface area contributed by atoms with Crippen LogP contribution in [0, 0.1) is 0 Å².